The highest BCUT2D eigenvalue weighted by Crippen LogP contribution is 2.26. The quantitative estimate of drug-likeness (QED) is 0.706. The number of rotatable bonds is 6. The molecule has 126 valence electrons. The Labute approximate surface area is 147 Å². The van der Waals surface area contributed by atoms with Crippen LogP contribution < -0.4 is 15.8 Å². The molecule has 8 heteroatoms. The highest BCUT2D eigenvalue weighted by atomic mass is 32.1. The van der Waals surface area contributed by atoms with Crippen molar-refractivity contribution in [2.45, 2.75) is 0 Å². The number of nitrogens with zero attached hydrogens (tertiary/aromatic N) is 2. The third kappa shape index (κ3) is 4.39. The molecule has 0 radical (unpaired) electrons. The number of nitrogens with two attached hydrogens (primary N) is 1. The second kappa shape index (κ2) is 7.54. The molecule has 3 rings (SSSR count). The van der Waals surface area contributed by atoms with Crippen LogP contribution >= 0.6 is 11.3 Å². The van der Waals surface area contributed by atoms with Gasteiger partial charge in [-0.1, -0.05) is 47.7 Å². The average Bonchev–Trinajstić information content (AvgIpc) is 3.09. The van der Waals surface area contributed by atoms with E-state index in [1.807, 2.05) is 30.3 Å². The number of primary amides is 1. The Morgan fingerprint density at radius 2 is 1.88 bits per heavy atom. The number of carbonyl (C=O) groups is 2. The van der Waals surface area contributed by atoms with Gasteiger partial charge in [-0.15, -0.1) is 10.2 Å². The van der Waals surface area contributed by atoms with Crippen LogP contribution in [0.25, 0.3) is 10.6 Å². The van der Waals surface area contributed by atoms with Gasteiger partial charge >= 0.3 is 0 Å². The maximum atomic E-state index is 12.3. The lowest BCUT2D eigenvalue weighted by Crippen LogP contribution is -2.20. The Morgan fingerprint density at radius 3 is 2.64 bits per heavy atom. The fourth-order valence-corrected chi connectivity index (χ4v) is 2.77. The maximum Gasteiger partial charge on any atom is 0.257 e. The first-order chi connectivity index (χ1) is 12.1. The van der Waals surface area contributed by atoms with Crippen LogP contribution in [0.2, 0.25) is 0 Å². The van der Waals surface area contributed by atoms with Crippen LogP contribution in [0.15, 0.2) is 54.6 Å². The van der Waals surface area contributed by atoms with Gasteiger partial charge in [0, 0.05) is 11.1 Å². The molecule has 0 fully saturated rings. The number of carbonyl (C=O) groups excluding carboxylic acids is 2. The lowest BCUT2D eigenvalue weighted by Gasteiger charge is -2.06. The monoisotopic (exact) mass is 354 g/mol. The third-order valence-electron chi connectivity index (χ3n) is 3.14. The molecule has 0 unspecified atom stereocenters. The van der Waals surface area contributed by atoms with Crippen molar-refractivity contribution in [3.8, 4) is 16.3 Å². The van der Waals surface area contributed by atoms with Gasteiger partial charge in [-0.05, 0) is 18.2 Å². The van der Waals surface area contributed by atoms with Gasteiger partial charge in [0.15, 0.2) is 6.61 Å². The molecule has 0 spiro atoms. The molecule has 0 bridgehead atoms. The van der Waals surface area contributed by atoms with Crippen molar-refractivity contribution in [2.75, 3.05) is 11.9 Å². The Balaban J connectivity index is 1.69. The zero-order valence-corrected chi connectivity index (χ0v) is 13.8. The molecular weight excluding hydrogens is 340 g/mol. The fraction of sp³-hybridized carbons (Fsp3) is 0.0588. The Kier molecular flexibility index (Phi) is 5.00. The van der Waals surface area contributed by atoms with Crippen molar-refractivity contribution in [3.05, 3.63) is 60.2 Å². The number of aromatic nitrogens is 2. The lowest BCUT2D eigenvalue weighted by atomic mass is 10.2. The molecule has 0 saturated carbocycles. The summed E-state index contributed by atoms with van der Waals surface area (Å²) >= 11 is 1.28. The minimum Gasteiger partial charge on any atom is -0.484 e. The van der Waals surface area contributed by atoms with Crippen LogP contribution in [0, 0.1) is 0 Å². The largest absolute Gasteiger partial charge is 0.484 e. The molecule has 1 heterocycles. The van der Waals surface area contributed by atoms with Crippen LogP contribution in [-0.2, 0) is 4.79 Å². The number of anilines is 1. The van der Waals surface area contributed by atoms with Crippen molar-refractivity contribution in [1.29, 1.82) is 0 Å². The summed E-state index contributed by atoms with van der Waals surface area (Å²) in [7, 11) is 0. The number of hydrogen-bond acceptors (Lipinski definition) is 6. The van der Waals surface area contributed by atoms with Gasteiger partial charge in [0.05, 0.1) is 0 Å². The van der Waals surface area contributed by atoms with Gasteiger partial charge in [0.2, 0.25) is 5.13 Å². The summed E-state index contributed by atoms with van der Waals surface area (Å²) in [5.41, 5.74) is 6.34. The minimum atomic E-state index is -0.586. The van der Waals surface area contributed by atoms with Crippen molar-refractivity contribution < 1.29 is 14.3 Å². The van der Waals surface area contributed by atoms with Crippen LogP contribution in [0.5, 0.6) is 5.75 Å². The van der Waals surface area contributed by atoms with Crippen molar-refractivity contribution in [3.63, 3.8) is 0 Å². The lowest BCUT2D eigenvalue weighted by molar-refractivity contribution is -0.119. The highest BCUT2D eigenvalue weighted by molar-refractivity contribution is 7.18. The standard InChI is InChI=1S/C17H14N4O3S/c18-14(22)10-24-13-8-4-7-12(9-13)15(23)19-17-21-20-16(25-17)11-5-2-1-3-6-11/h1-9H,10H2,(H2,18,22)(H,19,21,23). The van der Waals surface area contributed by atoms with Crippen LogP contribution in [0.1, 0.15) is 10.4 Å². The molecule has 7 nitrogen and oxygen atoms in total. The first-order valence-corrected chi connectivity index (χ1v) is 8.15. The third-order valence-corrected chi connectivity index (χ3v) is 4.03. The van der Waals surface area contributed by atoms with E-state index in [0.717, 1.165) is 10.6 Å². The topological polar surface area (TPSA) is 107 Å². The van der Waals surface area contributed by atoms with Crippen LogP contribution in [-0.4, -0.2) is 28.6 Å². The predicted octanol–water partition coefficient (Wildman–Crippen LogP) is 2.32. The average molecular weight is 354 g/mol. The SMILES string of the molecule is NC(=O)COc1cccc(C(=O)Nc2nnc(-c3ccccc3)s2)c1. The number of nitrogens with one attached hydrogen (secondary N) is 1. The van der Waals surface area contributed by atoms with E-state index in [-0.39, 0.29) is 12.5 Å². The van der Waals surface area contributed by atoms with E-state index < -0.39 is 5.91 Å². The molecule has 0 saturated heterocycles. The summed E-state index contributed by atoms with van der Waals surface area (Å²) in [6, 6.07) is 16.0. The number of ether oxygens (including phenoxy) is 1. The molecule has 3 N–H and O–H groups in total. The van der Waals surface area contributed by atoms with Crippen LogP contribution in [0.3, 0.4) is 0 Å². The van der Waals surface area contributed by atoms with E-state index in [1.165, 1.54) is 17.4 Å². The molecule has 0 aliphatic rings. The zero-order valence-electron chi connectivity index (χ0n) is 13.0. The Morgan fingerprint density at radius 1 is 1.08 bits per heavy atom. The molecule has 1 aromatic heterocycles. The molecule has 0 aliphatic heterocycles. The molecule has 2 amide bonds. The van der Waals surface area contributed by atoms with Crippen LogP contribution in [0.4, 0.5) is 5.13 Å². The van der Waals surface area contributed by atoms with Gasteiger partial charge in [-0.3, -0.25) is 14.9 Å². The van der Waals surface area contributed by atoms with E-state index >= 15 is 0 Å². The summed E-state index contributed by atoms with van der Waals surface area (Å²) in [5, 5.41) is 11.9. The van der Waals surface area contributed by atoms with Gasteiger partial charge in [0.25, 0.3) is 11.8 Å². The minimum absolute atomic E-state index is 0.248. The zero-order chi connectivity index (χ0) is 17.6. The number of amides is 2. The Hall–Kier alpha value is -3.26. The first-order valence-electron chi connectivity index (χ1n) is 7.33. The molecule has 0 atom stereocenters. The van der Waals surface area contributed by atoms with Crippen molar-refractivity contribution in [2.24, 2.45) is 5.73 Å². The Bertz CT molecular complexity index is 896. The van der Waals surface area contributed by atoms with E-state index in [1.54, 1.807) is 18.2 Å². The fourth-order valence-electron chi connectivity index (χ4n) is 2.02. The predicted molar refractivity (Wildman–Crippen MR) is 94.4 cm³/mol. The summed E-state index contributed by atoms with van der Waals surface area (Å²) in [6.45, 7) is -0.248. The van der Waals surface area contributed by atoms with Gasteiger partial charge in [-0.25, -0.2) is 0 Å². The summed E-state index contributed by atoms with van der Waals surface area (Å²) in [5.74, 6) is -0.550. The van der Waals surface area contributed by atoms with Crippen molar-refractivity contribution >= 4 is 28.3 Å². The molecule has 25 heavy (non-hydrogen) atoms. The smallest absolute Gasteiger partial charge is 0.257 e. The van der Waals surface area contributed by atoms with Gasteiger partial charge in [-0.2, -0.15) is 0 Å². The molecule has 3 aromatic rings. The summed E-state index contributed by atoms with van der Waals surface area (Å²) in [4.78, 5) is 23.1. The van der Waals surface area contributed by atoms with E-state index in [2.05, 4.69) is 15.5 Å². The molecule has 0 aliphatic carbocycles. The first kappa shape index (κ1) is 16.6. The summed E-state index contributed by atoms with van der Waals surface area (Å²) in [6.07, 6.45) is 0. The molecule has 2 aromatic carbocycles. The van der Waals surface area contributed by atoms with Crippen molar-refractivity contribution in [1.82, 2.24) is 10.2 Å². The second-order valence-electron chi connectivity index (χ2n) is 5.02. The number of hydrogen-bond donors (Lipinski definition) is 2. The maximum absolute atomic E-state index is 12.3. The van der Waals surface area contributed by atoms with E-state index in [0.29, 0.717) is 16.4 Å². The van der Waals surface area contributed by atoms with E-state index in [9.17, 15) is 9.59 Å². The highest BCUT2D eigenvalue weighted by Gasteiger charge is 2.12. The van der Waals surface area contributed by atoms with Gasteiger partial charge in [0.1, 0.15) is 10.8 Å². The normalized spacial score (nSPS) is 10.2. The summed E-state index contributed by atoms with van der Waals surface area (Å²) < 4.78 is 5.19. The molecular formula is C17H14N4O3S. The van der Waals surface area contributed by atoms with E-state index in [4.69, 9.17) is 10.5 Å². The van der Waals surface area contributed by atoms with Gasteiger partial charge < -0.3 is 10.5 Å². The second-order valence-corrected chi connectivity index (χ2v) is 5.99. The number of benzene rings is 2.